The highest BCUT2D eigenvalue weighted by Crippen LogP contribution is 2.21. The Morgan fingerprint density at radius 2 is 1.92 bits per heavy atom. The number of carbonyl (C=O) groups excluding carboxylic acids is 1. The fraction of sp³-hybridized carbons (Fsp3) is 0.389. The van der Waals surface area contributed by atoms with Gasteiger partial charge in [-0.15, -0.1) is 0 Å². The lowest BCUT2D eigenvalue weighted by atomic mass is 9.96. The Balaban J connectivity index is 1.44. The van der Waals surface area contributed by atoms with Gasteiger partial charge in [-0.3, -0.25) is 9.69 Å². The molecule has 0 radical (unpaired) electrons. The summed E-state index contributed by atoms with van der Waals surface area (Å²) in [5.41, 5.74) is 1.91. The van der Waals surface area contributed by atoms with E-state index in [9.17, 15) is 4.79 Å². The number of thiophene rings is 1. The zero-order valence-corrected chi connectivity index (χ0v) is 15.6. The van der Waals surface area contributed by atoms with E-state index in [4.69, 9.17) is 23.2 Å². The Morgan fingerprint density at radius 3 is 2.54 bits per heavy atom. The van der Waals surface area contributed by atoms with Crippen molar-refractivity contribution >= 4 is 40.4 Å². The molecule has 0 atom stereocenters. The van der Waals surface area contributed by atoms with E-state index in [0.29, 0.717) is 28.1 Å². The van der Waals surface area contributed by atoms with E-state index in [2.05, 4.69) is 27.0 Å². The number of carbonyl (C=O) groups is 1. The molecule has 0 bridgehead atoms. The first-order valence-electron chi connectivity index (χ1n) is 8.08. The highest BCUT2D eigenvalue weighted by molar-refractivity contribution is 7.07. The Kier molecular flexibility index (Phi) is 6.17. The highest BCUT2D eigenvalue weighted by atomic mass is 35.5. The van der Waals surface area contributed by atoms with Crippen molar-refractivity contribution in [1.82, 2.24) is 10.2 Å². The molecule has 0 unspecified atom stereocenters. The molecule has 1 aromatic heterocycles. The number of hydrogen-bond donors (Lipinski definition) is 1. The molecule has 3 rings (SSSR count). The molecule has 1 amide bonds. The fourth-order valence-corrected chi connectivity index (χ4v) is 4.20. The van der Waals surface area contributed by atoms with Crippen LogP contribution in [0.5, 0.6) is 0 Å². The van der Waals surface area contributed by atoms with Gasteiger partial charge in [0.05, 0.1) is 0 Å². The number of hydrogen-bond acceptors (Lipinski definition) is 3. The van der Waals surface area contributed by atoms with Gasteiger partial charge in [0.1, 0.15) is 0 Å². The van der Waals surface area contributed by atoms with Crippen LogP contribution in [0.4, 0.5) is 0 Å². The predicted octanol–water partition coefficient (Wildman–Crippen LogP) is 4.70. The van der Waals surface area contributed by atoms with Crippen LogP contribution in [0, 0.1) is 5.92 Å². The fourth-order valence-electron chi connectivity index (χ4n) is 3.01. The molecule has 1 aromatic carbocycles. The number of amides is 1. The minimum Gasteiger partial charge on any atom is -0.352 e. The van der Waals surface area contributed by atoms with E-state index in [1.54, 1.807) is 29.5 Å². The summed E-state index contributed by atoms with van der Waals surface area (Å²) in [6, 6.07) is 7.11. The minimum absolute atomic E-state index is 0.111. The molecule has 3 nitrogen and oxygen atoms in total. The molecule has 1 N–H and O–H groups in total. The molecule has 1 fully saturated rings. The largest absolute Gasteiger partial charge is 0.352 e. The Bertz CT molecular complexity index is 662. The van der Waals surface area contributed by atoms with Gasteiger partial charge < -0.3 is 5.32 Å². The Hall–Kier alpha value is -1.07. The molecule has 6 heteroatoms. The highest BCUT2D eigenvalue weighted by Gasteiger charge is 2.20. The average molecular weight is 383 g/mol. The zero-order valence-electron chi connectivity index (χ0n) is 13.3. The number of nitrogens with one attached hydrogen (secondary N) is 1. The molecule has 1 aliphatic rings. The van der Waals surface area contributed by atoms with Gasteiger partial charge >= 0.3 is 0 Å². The quantitative estimate of drug-likeness (QED) is 0.812. The van der Waals surface area contributed by atoms with Gasteiger partial charge in [0.2, 0.25) is 0 Å². The summed E-state index contributed by atoms with van der Waals surface area (Å²) in [7, 11) is 0. The third-order valence-corrected chi connectivity index (χ3v) is 5.54. The van der Waals surface area contributed by atoms with Crippen LogP contribution in [-0.2, 0) is 6.54 Å². The van der Waals surface area contributed by atoms with Crippen LogP contribution < -0.4 is 5.32 Å². The molecule has 1 aliphatic heterocycles. The van der Waals surface area contributed by atoms with Crippen molar-refractivity contribution in [3.63, 3.8) is 0 Å². The SMILES string of the molecule is O=C(NCC1CCN(Cc2ccsc2)CC1)c1cc(Cl)cc(Cl)c1. The van der Waals surface area contributed by atoms with Crippen LogP contribution in [0.15, 0.2) is 35.0 Å². The summed E-state index contributed by atoms with van der Waals surface area (Å²) in [5, 5.41) is 8.31. The van der Waals surface area contributed by atoms with Crippen molar-refractivity contribution in [2.45, 2.75) is 19.4 Å². The van der Waals surface area contributed by atoms with E-state index < -0.39 is 0 Å². The first-order chi connectivity index (χ1) is 11.6. The second kappa shape index (κ2) is 8.34. The van der Waals surface area contributed by atoms with Gasteiger partial charge in [-0.2, -0.15) is 11.3 Å². The smallest absolute Gasteiger partial charge is 0.251 e. The lowest BCUT2D eigenvalue weighted by molar-refractivity contribution is 0.0935. The molecule has 0 saturated carbocycles. The molecule has 128 valence electrons. The summed E-state index contributed by atoms with van der Waals surface area (Å²) in [6.45, 7) is 3.90. The van der Waals surface area contributed by atoms with Crippen LogP contribution in [-0.4, -0.2) is 30.4 Å². The normalized spacial score (nSPS) is 16.2. The third-order valence-electron chi connectivity index (χ3n) is 4.37. The van der Waals surface area contributed by atoms with Crippen molar-refractivity contribution in [1.29, 1.82) is 0 Å². The van der Waals surface area contributed by atoms with E-state index in [1.165, 1.54) is 5.56 Å². The van der Waals surface area contributed by atoms with E-state index in [1.807, 2.05) is 0 Å². The van der Waals surface area contributed by atoms with Gasteiger partial charge in [0, 0.05) is 28.7 Å². The monoisotopic (exact) mass is 382 g/mol. The first-order valence-corrected chi connectivity index (χ1v) is 9.78. The van der Waals surface area contributed by atoms with Crippen molar-refractivity contribution < 1.29 is 4.79 Å². The van der Waals surface area contributed by atoms with Gasteiger partial charge in [-0.25, -0.2) is 0 Å². The summed E-state index contributed by atoms with van der Waals surface area (Å²) >= 11 is 13.6. The summed E-state index contributed by atoms with van der Waals surface area (Å²) < 4.78 is 0. The van der Waals surface area contributed by atoms with E-state index in [0.717, 1.165) is 32.5 Å². The second-order valence-electron chi connectivity index (χ2n) is 6.22. The molecule has 2 heterocycles. The van der Waals surface area contributed by atoms with Crippen LogP contribution in [0.2, 0.25) is 10.0 Å². The molecular formula is C18H20Cl2N2OS. The molecule has 2 aromatic rings. The number of likely N-dealkylation sites (tertiary alicyclic amines) is 1. The third kappa shape index (κ3) is 4.96. The summed E-state index contributed by atoms with van der Waals surface area (Å²) in [6.07, 6.45) is 2.22. The maximum absolute atomic E-state index is 12.2. The molecule has 24 heavy (non-hydrogen) atoms. The summed E-state index contributed by atoms with van der Waals surface area (Å²) in [5.74, 6) is 0.419. The van der Waals surface area contributed by atoms with Gasteiger partial charge in [-0.1, -0.05) is 23.2 Å². The number of nitrogens with zero attached hydrogens (tertiary/aromatic N) is 1. The second-order valence-corrected chi connectivity index (χ2v) is 7.87. The number of rotatable bonds is 5. The Labute approximate surface area is 156 Å². The van der Waals surface area contributed by atoms with Crippen molar-refractivity contribution in [3.8, 4) is 0 Å². The van der Waals surface area contributed by atoms with Crippen molar-refractivity contribution in [3.05, 3.63) is 56.2 Å². The molecule has 0 spiro atoms. The lowest BCUT2D eigenvalue weighted by Gasteiger charge is -2.31. The number of piperidine rings is 1. The first kappa shape index (κ1) is 17.7. The minimum atomic E-state index is -0.111. The van der Waals surface area contributed by atoms with Crippen molar-refractivity contribution in [2.75, 3.05) is 19.6 Å². The van der Waals surface area contributed by atoms with Crippen LogP contribution in [0.1, 0.15) is 28.8 Å². The van der Waals surface area contributed by atoms with E-state index >= 15 is 0 Å². The van der Waals surface area contributed by atoms with E-state index in [-0.39, 0.29) is 5.91 Å². The topological polar surface area (TPSA) is 32.3 Å². The molecule has 1 saturated heterocycles. The maximum Gasteiger partial charge on any atom is 0.251 e. The Morgan fingerprint density at radius 1 is 1.21 bits per heavy atom. The standard InChI is InChI=1S/C18H20Cl2N2OS/c19-16-7-15(8-17(20)9-16)18(23)21-10-13-1-4-22(5-2-13)11-14-3-6-24-12-14/h3,6-9,12-13H,1-2,4-5,10-11H2,(H,21,23). The van der Waals surface area contributed by atoms with Crippen LogP contribution in [0.25, 0.3) is 0 Å². The van der Waals surface area contributed by atoms with Crippen LogP contribution in [0.3, 0.4) is 0 Å². The maximum atomic E-state index is 12.2. The summed E-state index contributed by atoms with van der Waals surface area (Å²) in [4.78, 5) is 14.7. The number of halogens is 2. The van der Waals surface area contributed by atoms with Gasteiger partial charge in [0.15, 0.2) is 0 Å². The molecular weight excluding hydrogens is 363 g/mol. The number of benzene rings is 1. The van der Waals surface area contributed by atoms with Gasteiger partial charge in [0.25, 0.3) is 5.91 Å². The van der Waals surface area contributed by atoms with Crippen molar-refractivity contribution in [2.24, 2.45) is 5.92 Å². The lowest BCUT2D eigenvalue weighted by Crippen LogP contribution is -2.38. The predicted molar refractivity (Wildman–Crippen MR) is 101 cm³/mol. The van der Waals surface area contributed by atoms with Gasteiger partial charge in [-0.05, 0) is 72.4 Å². The zero-order chi connectivity index (χ0) is 16.9. The molecule has 0 aliphatic carbocycles. The average Bonchev–Trinajstić information content (AvgIpc) is 3.06. The van der Waals surface area contributed by atoms with Crippen LogP contribution >= 0.6 is 34.5 Å².